The third-order valence-electron chi connectivity index (χ3n) is 1.39. The van der Waals surface area contributed by atoms with E-state index in [1.807, 2.05) is 0 Å². The minimum Gasteiger partial charge on any atom is -0.245 e. The molecule has 3 heteroatoms. The molecule has 1 aliphatic rings. The molecule has 0 aromatic carbocycles. The number of nitrogens with one attached hydrogen (secondary N) is 1. The Kier molecular flexibility index (Phi) is 3.07. The van der Waals surface area contributed by atoms with E-state index >= 15 is 0 Å². The van der Waals surface area contributed by atoms with Crippen LogP contribution < -0.4 is 5.43 Å². The molecule has 0 aliphatic carbocycles. The zero-order valence-corrected chi connectivity index (χ0v) is 7.02. The molecule has 1 aliphatic heterocycles. The molecule has 2 nitrogen and oxygen atoms in total. The zero-order chi connectivity index (χ0) is 5.82. The fraction of sp³-hybridized carbons (Fsp3) is 1.00. The lowest BCUT2D eigenvalue weighted by molar-refractivity contribution is 0.259. The number of hydrazine groups is 1. The van der Waals surface area contributed by atoms with E-state index in [0.717, 1.165) is 4.55 Å². The summed E-state index contributed by atoms with van der Waals surface area (Å²) in [6.45, 7) is 2.48. The summed E-state index contributed by atoms with van der Waals surface area (Å²) in [5.74, 6) is 0. The average Bonchev–Trinajstić information content (AvgIpc) is 2.19. The van der Waals surface area contributed by atoms with Crippen LogP contribution in [0, 0.1) is 0 Å². The Labute approximate surface area is 63.7 Å². The summed E-state index contributed by atoms with van der Waals surface area (Å²) in [5, 5.41) is 2.28. The number of hydrogen-bond donors (Lipinski definition) is 1. The van der Waals surface area contributed by atoms with E-state index in [4.69, 9.17) is 0 Å². The van der Waals surface area contributed by atoms with Gasteiger partial charge in [-0.3, -0.25) is 0 Å². The molecule has 1 rings (SSSR count). The Balaban J connectivity index is 2.06. The van der Waals surface area contributed by atoms with Crippen molar-refractivity contribution >= 4 is 22.6 Å². The number of nitrogens with zero attached hydrogens (tertiary/aromatic N) is 1. The lowest BCUT2D eigenvalue weighted by atomic mass is 10.4. The van der Waals surface area contributed by atoms with Gasteiger partial charge in [0, 0.05) is 13.1 Å². The molecule has 0 atom stereocenters. The maximum Gasteiger partial charge on any atom is 0.0621 e. The number of rotatable bonds is 2. The molecule has 0 amide bonds. The lowest BCUT2D eigenvalue weighted by Crippen LogP contribution is -2.33. The van der Waals surface area contributed by atoms with Gasteiger partial charge in [0.15, 0.2) is 0 Å². The minimum atomic E-state index is 1.04. The second kappa shape index (κ2) is 3.63. The van der Waals surface area contributed by atoms with Crippen molar-refractivity contribution in [1.29, 1.82) is 0 Å². The Morgan fingerprint density at radius 1 is 1.38 bits per heavy atom. The molecule has 1 N–H and O–H groups in total. The molecule has 48 valence electrons. The van der Waals surface area contributed by atoms with E-state index in [1.54, 1.807) is 0 Å². The SMILES string of the molecule is ICNN1CCCC1. The molecular formula is C5H11IN2. The van der Waals surface area contributed by atoms with Gasteiger partial charge in [-0.15, -0.1) is 0 Å². The highest BCUT2D eigenvalue weighted by Crippen LogP contribution is 2.03. The highest BCUT2D eigenvalue weighted by atomic mass is 127. The van der Waals surface area contributed by atoms with Crippen LogP contribution in [0.1, 0.15) is 12.8 Å². The van der Waals surface area contributed by atoms with Crippen LogP contribution in [0.5, 0.6) is 0 Å². The van der Waals surface area contributed by atoms with E-state index in [9.17, 15) is 0 Å². The molecule has 8 heavy (non-hydrogen) atoms. The van der Waals surface area contributed by atoms with Crippen molar-refractivity contribution < 1.29 is 0 Å². The van der Waals surface area contributed by atoms with Gasteiger partial charge in [0.1, 0.15) is 0 Å². The van der Waals surface area contributed by atoms with Crippen molar-refractivity contribution in [2.45, 2.75) is 12.8 Å². The van der Waals surface area contributed by atoms with Crippen LogP contribution in [0.4, 0.5) is 0 Å². The molecule has 0 radical (unpaired) electrons. The fourth-order valence-corrected chi connectivity index (χ4v) is 1.44. The molecule has 0 aromatic heterocycles. The normalized spacial score (nSPS) is 22.1. The van der Waals surface area contributed by atoms with E-state index in [0.29, 0.717) is 0 Å². The molecule has 0 aromatic rings. The molecule has 1 heterocycles. The third kappa shape index (κ3) is 1.87. The van der Waals surface area contributed by atoms with Crippen molar-refractivity contribution in [1.82, 2.24) is 10.4 Å². The monoisotopic (exact) mass is 226 g/mol. The van der Waals surface area contributed by atoms with Gasteiger partial charge in [-0.2, -0.15) is 0 Å². The minimum absolute atomic E-state index is 1.04. The lowest BCUT2D eigenvalue weighted by Gasteiger charge is -2.12. The van der Waals surface area contributed by atoms with Crippen LogP contribution in [-0.4, -0.2) is 22.6 Å². The van der Waals surface area contributed by atoms with Crippen LogP contribution in [0.25, 0.3) is 0 Å². The van der Waals surface area contributed by atoms with Crippen LogP contribution in [0.3, 0.4) is 0 Å². The summed E-state index contributed by atoms with van der Waals surface area (Å²) >= 11 is 2.32. The Morgan fingerprint density at radius 3 is 2.50 bits per heavy atom. The summed E-state index contributed by atoms with van der Waals surface area (Å²) in [7, 11) is 0. The summed E-state index contributed by atoms with van der Waals surface area (Å²) < 4.78 is 1.04. The maximum absolute atomic E-state index is 3.26. The van der Waals surface area contributed by atoms with E-state index in [2.05, 4.69) is 33.0 Å². The van der Waals surface area contributed by atoms with E-state index < -0.39 is 0 Å². The van der Waals surface area contributed by atoms with Crippen LogP contribution in [0.15, 0.2) is 0 Å². The van der Waals surface area contributed by atoms with Gasteiger partial charge in [-0.05, 0) is 12.8 Å². The van der Waals surface area contributed by atoms with Gasteiger partial charge in [0.2, 0.25) is 0 Å². The van der Waals surface area contributed by atoms with Crippen LogP contribution in [-0.2, 0) is 0 Å². The van der Waals surface area contributed by atoms with Gasteiger partial charge in [0.25, 0.3) is 0 Å². The molecule has 0 unspecified atom stereocenters. The van der Waals surface area contributed by atoms with Crippen molar-refractivity contribution in [3.05, 3.63) is 0 Å². The van der Waals surface area contributed by atoms with Crippen molar-refractivity contribution in [2.75, 3.05) is 17.6 Å². The standard InChI is InChI=1S/C5H11IN2/c6-5-7-8-3-1-2-4-8/h7H,1-5H2. The maximum atomic E-state index is 3.26. The third-order valence-corrected chi connectivity index (χ3v) is 1.73. The first-order valence-corrected chi connectivity index (χ1v) is 4.50. The summed E-state index contributed by atoms with van der Waals surface area (Å²) in [5.41, 5.74) is 3.26. The summed E-state index contributed by atoms with van der Waals surface area (Å²) in [6, 6.07) is 0. The number of alkyl halides is 1. The quantitative estimate of drug-likeness (QED) is 0.429. The predicted octanol–water partition coefficient (Wildman–Crippen LogP) is 0.979. The first-order chi connectivity index (χ1) is 3.93. The molecular weight excluding hydrogens is 215 g/mol. The van der Waals surface area contributed by atoms with Crippen LogP contribution >= 0.6 is 22.6 Å². The first-order valence-electron chi connectivity index (χ1n) is 2.98. The van der Waals surface area contributed by atoms with E-state index in [1.165, 1.54) is 25.9 Å². The largest absolute Gasteiger partial charge is 0.245 e. The average molecular weight is 226 g/mol. The first kappa shape index (κ1) is 6.77. The zero-order valence-electron chi connectivity index (χ0n) is 4.86. The highest BCUT2D eigenvalue weighted by molar-refractivity contribution is 14.1. The van der Waals surface area contributed by atoms with Gasteiger partial charge in [0.05, 0.1) is 4.55 Å². The Hall–Kier alpha value is 0.650. The van der Waals surface area contributed by atoms with Gasteiger partial charge < -0.3 is 0 Å². The number of halogens is 1. The van der Waals surface area contributed by atoms with Gasteiger partial charge >= 0.3 is 0 Å². The van der Waals surface area contributed by atoms with Crippen molar-refractivity contribution in [3.8, 4) is 0 Å². The van der Waals surface area contributed by atoms with E-state index in [-0.39, 0.29) is 0 Å². The van der Waals surface area contributed by atoms with Gasteiger partial charge in [-0.1, -0.05) is 22.6 Å². The highest BCUT2D eigenvalue weighted by Gasteiger charge is 2.08. The molecule has 0 spiro atoms. The summed E-state index contributed by atoms with van der Waals surface area (Å²) in [6.07, 6.45) is 2.73. The summed E-state index contributed by atoms with van der Waals surface area (Å²) in [4.78, 5) is 0. The van der Waals surface area contributed by atoms with Crippen molar-refractivity contribution in [3.63, 3.8) is 0 Å². The molecule has 0 saturated carbocycles. The Bertz CT molecular complexity index is 61.4. The second-order valence-electron chi connectivity index (χ2n) is 1.99. The van der Waals surface area contributed by atoms with Crippen LogP contribution in [0.2, 0.25) is 0 Å². The van der Waals surface area contributed by atoms with Crippen molar-refractivity contribution in [2.24, 2.45) is 0 Å². The molecule has 1 fully saturated rings. The molecule has 1 saturated heterocycles. The number of hydrogen-bond acceptors (Lipinski definition) is 2. The Morgan fingerprint density at radius 2 is 2.00 bits per heavy atom. The second-order valence-corrected chi connectivity index (χ2v) is 2.75. The predicted molar refractivity (Wildman–Crippen MR) is 42.8 cm³/mol. The topological polar surface area (TPSA) is 15.3 Å². The van der Waals surface area contributed by atoms with Gasteiger partial charge in [-0.25, -0.2) is 10.4 Å². The molecule has 0 bridgehead atoms. The fourth-order valence-electron chi connectivity index (χ4n) is 0.960. The smallest absolute Gasteiger partial charge is 0.0621 e.